The molecular formula is C8H17NS. The molecule has 1 aliphatic rings. The predicted molar refractivity (Wildman–Crippen MR) is 48.3 cm³/mol. The number of rotatable bonds is 2. The molecular weight excluding hydrogens is 142 g/mol. The van der Waals surface area contributed by atoms with Crippen molar-refractivity contribution in [1.82, 2.24) is 4.90 Å². The van der Waals surface area contributed by atoms with Gasteiger partial charge in [-0.3, -0.25) is 4.90 Å². The molecule has 2 heteroatoms. The number of nitrogens with zero attached hydrogens (tertiary/aromatic N) is 1. The topological polar surface area (TPSA) is 3.24 Å². The third-order valence-corrected chi connectivity index (χ3v) is 3.61. The zero-order valence-corrected chi connectivity index (χ0v) is 7.95. The van der Waals surface area contributed by atoms with E-state index in [1.54, 1.807) is 0 Å². The van der Waals surface area contributed by atoms with Gasteiger partial charge in [-0.05, 0) is 12.5 Å². The van der Waals surface area contributed by atoms with Gasteiger partial charge in [0.2, 0.25) is 0 Å². The van der Waals surface area contributed by atoms with Crippen molar-refractivity contribution in [3.8, 4) is 0 Å². The minimum Gasteiger partial charge on any atom is -0.291 e. The molecule has 1 fully saturated rings. The van der Waals surface area contributed by atoms with Crippen molar-refractivity contribution in [2.45, 2.75) is 26.1 Å². The molecule has 0 aromatic rings. The zero-order chi connectivity index (χ0) is 7.56. The first-order valence-corrected chi connectivity index (χ1v) is 5.16. The van der Waals surface area contributed by atoms with E-state index < -0.39 is 0 Å². The molecule has 1 heterocycles. The standard InChI is InChI=1S/C8H17NS/c1-4-9-5-6-10-8(9)7(2)3/h7-8H,4-6H2,1-3H3/t8-/m0/s1. The SMILES string of the molecule is CCN1CCS[C@H]1C(C)C. The van der Waals surface area contributed by atoms with E-state index in [2.05, 4.69) is 37.4 Å². The van der Waals surface area contributed by atoms with Crippen molar-refractivity contribution in [3.05, 3.63) is 0 Å². The fourth-order valence-electron chi connectivity index (χ4n) is 1.48. The quantitative estimate of drug-likeness (QED) is 0.606. The van der Waals surface area contributed by atoms with Gasteiger partial charge in [0.15, 0.2) is 0 Å². The van der Waals surface area contributed by atoms with Crippen LogP contribution in [0.4, 0.5) is 0 Å². The number of hydrogen-bond acceptors (Lipinski definition) is 2. The van der Waals surface area contributed by atoms with E-state index in [-0.39, 0.29) is 0 Å². The molecule has 1 aliphatic heterocycles. The summed E-state index contributed by atoms with van der Waals surface area (Å²) in [5, 5.41) is 0.796. The van der Waals surface area contributed by atoms with Crippen LogP contribution in [-0.2, 0) is 0 Å². The second-order valence-electron chi connectivity index (χ2n) is 3.13. The van der Waals surface area contributed by atoms with Gasteiger partial charge in [0.25, 0.3) is 0 Å². The molecule has 1 rings (SSSR count). The lowest BCUT2D eigenvalue weighted by Gasteiger charge is -2.24. The average molecular weight is 159 g/mol. The summed E-state index contributed by atoms with van der Waals surface area (Å²) in [7, 11) is 0. The maximum atomic E-state index is 2.56. The number of thioether (sulfide) groups is 1. The van der Waals surface area contributed by atoms with E-state index in [0.717, 1.165) is 11.3 Å². The van der Waals surface area contributed by atoms with Gasteiger partial charge in [-0.15, -0.1) is 11.8 Å². The summed E-state index contributed by atoms with van der Waals surface area (Å²) in [5.74, 6) is 2.14. The van der Waals surface area contributed by atoms with Crippen molar-refractivity contribution in [2.24, 2.45) is 5.92 Å². The smallest absolute Gasteiger partial charge is 0.0581 e. The Balaban J connectivity index is 2.42. The van der Waals surface area contributed by atoms with Gasteiger partial charge in [0.05, 0.1) is 5.37 Å². The predicted octanol–water partition coefficient (Wildman–Crippen LogP) is 2.04. The third kappa shape index (κ3) is 1.67. The Labute approximate surface area is 68.2 Å². The van der Waals surface area contributed by atoms with Crippen molar-refractivity contribution < 1.29 is 0 Å². The molecule has 10 heavy (non-hydrogen) atoms. The van der Waals surface area contributed by atoms with E-state index in [1.165, 1.54) is 18.8 Å². The van der Waals surface area contributed by atoms with Gasteiger partial charge in [-0.25, -0.2) is 0 Å². The molecule has 0 radical (unpaired) electrons. The molecule has 0 N–H and O–H groups in total. The summed E-state index contributed by atoms with van der Waals surface area (Å²) in [6.45, 7) is 9.39. The lowest BCUT2D eigenvalue weighted by Crippen LogP contribution is -2.31. The van der Waals surface area contributed by atoms with Crippen LogP contribution in [0.15, 0.2) is 0 Å². The van der Waals surface area contributed by atoms with Crippen molar-refractivity contribution in [2.75, 3.05) is 18.8 Å². The summed E-state index contributed by atoms with van der Waals surface area (Å²) >= 11 is 2.11. The summed E-state index contributed by atoms with van der Waals surface area (Å²) < 4.78 is 0. The normalized spacial score (nSPS) is 28.2. The van der Waals surface area contributed by atoms with E-state index in [4.69, 9.17) is 0 Å². The van der Waals surface area contributed by atoms with Crippen LogP contribution in [0.25, 0.3) is 0 Å². The zero-order valence-electron chi connectivity index (χ0n) is 7.13. The molecule has 0 aromatic carbocycles. The molecule has 0 aromatic heterocycles. The largest absolute Gasteiger partial charge is 0.291 e. The molecule has 0 aliphatic carbocycles. The van der Waals surface area contributed by atoms with Crippen molar-refractivity contribution in [1.29, 1.82) is 0 Å². The Kier molecular flexibility index (Phi) is 3.05. The van der Waals surface area contributed by atoms with Crippen LogP contribution in [-0.4, -0.2) is 29.1 Å². The third-order valence-electron chi connectivity index (χ3n) is 2.00. The van der Waals surface area contributed by atoms with E-state index >= 15 is 0 Å². The van der Waals surface area contributed by atoms with Crippen molar-refractivity contribution in [3.63, 3.8) is 0 Å². The van der Waals surface area contributed by atoms with Gasteiger partial charge in [-0.1, -0.05) is 20.8 Å². The van der Waals surface area contributed by atoms with E-state index in [1.807, 2.05) is 0 Å². The monoisotopic (exact) mass is 159 g/mol. The summed E-state index contributed by atoms with van der Waals surface area (Å²) in [5.41, 5.74) is 0. The first-order chi connectivity index (χ1) is 4.75. The lowest BCUT2D eigenvalue weighted by atomic mass is 10.2. The molecule has 0 unspecified atom stereocenters. The maximum Gasteiger partial charge on any atom is 0.0581 e. The summed E-state index contributed by atoms with van der Waals surface area (Å²) in [6.07, 6.45) is 0. The van der Waals surface area contributed by atoms with Crippen LogP contribution >= 0.6 is 11.8 Å². The van der Waals surface area contributed by atoms with Crippen LogP contribution in [0.3, 0.4) is 0 Å². The van der Waals surface area contributed by atoms with Crippen LogP contribution < -0.4 is 0 Å². The summed E-state index contributed by atoms with van der Waals surface area (Å²) in [4.78, 5) is 2.56. The highest BCUT2D eigenvalue weighted by atomic mass is 32.2. The van der Waals surface area contributed by atoms with Gasteiger partial charge >= 0.3 is 0 Å². The molecule has 0 amide bonds. The van der Waals surface area contributed by atoms with Gasteiger partial charge in [0, 0.05) is 12.3 Å². The van der Waals surface area contributed by atoms with Gasteiger partial charge in [-0.2, -0.15) is 0 Å². The fraction of sp³-hybridized carbons (Fsp3) is 1.00. The average Bonchev–Trinajstić information content (AvgIpc) is 2.33. The fourth-order valence-corrected chi connectivity index (χ4v) is 2.91. The van der Waals surface area contributed by atoms with E-state index in [9.17, 15) is 0 Å². The first kappa shape index (κ1) is 8.41. The lowest BCUT2D eigenvalue weighted by molar-refractivity contribution is 0.259. The minimum atomic E-state index is 0.796. The highest BCUT2D eigenvalue weighted by molar-refractivity contribution is 8.00. The van der Waals surface area contributed by atoms with Crippen molar-refractivity contribution >= 4 is 11.8 Å². The molecule has 0 saturated carbocycles. The van der Waals surface area contributed by atoms with Crippen LogP contribution in [0, 0.1) is 5.92 Å². The first-order valence-electron chi connectivity index (χ1n) is 4.11. The molecule has 1 saturated heterocycles. The number of hydrogen-bond donors (Lipinski definition) is 0. The Morgan fingerprint density at radius 2 is 2.30 bits per heavy atom. The molecule has 0 bridgehead atoms. The van der Waals surface area contributed by atoms with Gasteiger partial charge in [0.1, 0.15) is 0 Å². The molecule has 60 valence electrons. The van der Waals surface area contributed by atoms with Crippen LogP contribution in [0.2, 0.25) is 0 Å². The summed E-state index contributed by atoms with van der Waals surface area (Å²) in [6, 6.07) is 0. The molecule has 0 spiro atoms. The Morgan fingerprint density at radius 1 is 1.60 bits per heavy atom. The minimum absolute atomic E-state index is 0.796. The second kappa shape index (κ2) is 3.63. The maximum absolute atomic E-state index is 2.56. The second-order valence-corrected chi connectivity index (χ2v) is 4.36. The molecule has 1 atom stereocenters. The molecule has 1 nitrogen and oxygen atoms in total. The van der Waals surface area contributed by atoms with Crippen LogP contribution in [0.1, 0.15) is 20.8 Å². The highest BCUT2D eigenvalue weighted by Gasteiger charge is 2.25. The highest BCUT2D eigenvalue weighted by Crippen LogP contribution is 2.28. The Bertz CT molecular complexity index is 103. The van der Waals surface area contributed by atoms with Crippen LogP contribution in [0.5, 0.6) is 0 Å². The van der Waals surface area contributed by atoms with E-state index in [0.29, 0.717) is 0 Å². The van der Waals surface area contributed by atoms with Gasteiger partial charge < -0.3 is 0 Å². The Morgan fingerprint density at radius 3 is 2.70 bits per heavy atom. The Hall–Kier alpha value is 0.310.